The lowest BCUT2D eigenvalue weighted by atomic mass is 9.86. The summed E-state index contributed by atoms with van der Waals surface area (Å²) < 4.78 is 11.6. The highest BCUT2D eigenvalue weighted by molar-refractivity contribution is 4.92. The molecule has 2 unspecified atom stereocenters. The van der Waals surface area contributed by atoms with E-state index in [-0.39, 0.29) is 5.60 Å². The molecule has 2 rings (SSSR count). The van der Waals surface area contributed by atoms with Crippen molar-refractivity contribution < 1.29 is 9.47 Å². The van der Waals surface area contributed by atoms with E-state index < -0.39 is 0 Å². The third kappa shape index (κ3) is 2.03. The molecule has 76 valence electrons. The average Bonchev–Trinajstić information content (AvgIpc) is 2.02. The van der Waals surface area contributed by atoms with E-state index in [1.807, 2.05) is 0 Å². The Morgan fingerprint density at radius 2 is 1.92 bits per heavy atom. The Hall–Kier alpha value is -0.120. The van der Waals surface area contributed by atoms with Crippen molar-refractivity contribution >= 4 is 0 Å². The molecule has 0 amide bonds. The Kier molecular flexibility index (Phi) is 2.58. The van der Waals surface area contributed by atoms with Crippen LogP contribution in [0, 0.1) is 0 Å². The van der Waals surface area contributed by atoms with Crippen molar-refractivity contribution in [1.29, 1.82) is 0 Å². The topological polar surface area (TPSA) is 30.5 Å². The lowest BCUT2D eigenvalue weighted by Crippen LogP contribution is -2.55. The molecule has 0 aromatic rings. The van der Waals surface area contributed by atoms with Crippen LogP contribution in [0.25, 0.3) is 0 Å². The van der Waals surface area contributed by atoms with E-state index in [4.69, 9.17) is 9.47 Å². The summed E-state index contributed by atoms with van der Waals surface area (Å²) in [6.07, 6.45) is 2.74. The first-order chi connectivity index (χ1) is 6.20. The molecule has 2 aliphatic rings. The highest BCUT2D eigenvalue weighted by Crippen LogP contribution is 2.32. The Morgan fingerprint density at radius 1 is 1.23 bits per heavy atom. The zero-order valence-electron chi connectivity index (χ0n) is 8.51. The van der Waals surface area contributed by atoms with Gasteiger partial charge in [0.25, 0.3) is 0 Å². The van der Waals surface area contributed by atoms with Crippen LogP contribution in [0.15, 0.2) is 0 Å². The van der Waals surface area contributed by atoms with Gasteiger partial charge in [0.1, 0.15) is 0 Å². The molecule has 3 nitrogen and oxygen atoms in total. The maximum Gasteiger partial charge on any atom is 0.0856 e. The standard InChI is InChI=1S/C10H19NO2/c1-8-5-10(6-9(2)13-8)7-11-3-4-12-10/h8-9,11H,3-7H2,1-2H3. The van der Waals surface area contributed by atoms with Gasteiger partial charge >= 0.3 is 0 Å². The van der Waals surface area contributed by atoms with Gasteiger partial charge in [-0.05, 0) is 13.8 Å². The summed E-state index contributed by atoms with van der Waals surface area (Å²) in [4.78, 5) is 0. The van der Waals surface area contributed by atoms with Crippen LogP contribution in [-0.4, -0.2) is 37.5 Å². The van der Waals surface area contributed by atoms with Crippen LogP contribution in [0.5, 0.6) is 0 Å². The average molecular weight is 185 g/mol. The van der Waals surface area contributed by atoms with Gasteiger partial charge in [-0.25, -0.2) is 0 Å². The quantitative estimate of drug-likeness (QED) is 0.609. The number of nitrogens with one attached hydrogen (secondary N) is 1. The second kappa shape index (κ2) is 3.56. The maximum atomic E-state index is 5.90. The third-order valence-electron chi connectivity index (χ3n) is 2.92. The number of rotatable bonds is 0. The molecule has 0 bridgehead atoms. The first kappa shape index (κ1) is 9.44. The Labute approximate surface area is 79.8 Å². The fourth-order valence-corrected chi connectivity index (χ4v) is 2.59. The van der Waals surface area contributed by atoms with Crippen molar-refractivity contribution in [2.45, 2.75) is 44.5 Å². The van der Waals surface area contributed by atoms with Crippen LogP contribution in [0.2, 0.25) is 0 Å². The minimum absolute atomic E-state index is 0.0648. The summed E-state index contributed by atoms with van der Waals surface area (Å²) in [5.41, 5.74) is 0.0648. The first-order valence-electron chi connectivity index (χ1n) is 5.20. The van der Waals surface area contributed by atoms with E-state index in [0.717, 1.165) is 32.5 Å². The predicted molar refractivity (Wildman–Crippen MR) is 50.8 cm³/mol. The van der Waals surface area contributed by atoms with E-state index in [1.165, 1.54) is 0 Å². The fourth-order valence-electron chi connectivity index (χ4n) is 2.59. The van der Waals surface area contributed by atoms with E-state index in [9.17, 15) is 0 Å². The summed E-state index contributed by atoms with van der Waals surface area (Å²) in [5.74, 6) is 0. The van der Waals surface area contributed by atoms with Crippen LogP contribution in [0.3, 0.4) is 0 Å². The van der Waals surface area contributed by atoms with Crippen molar-refractivity contribution in [2.24, 2.45) is 0 Å². The fraction of sp³-hybridized carbons (Fsp3) is 1.00. The molecule has 0 radical (unpaired) electrons. The second-order valence-corrected chi connectivity index (χ2v) is 4.37. The number of morpholine rings is 1. The number of hydrogen-bond donors (Lipinski definition) is 1. The molecule has 3 heteroatoms. The normalized spacial score (nSPS) is 46.6. The van der Waals surface area contributed by atoms with Gasteiger partial charge in [-0.2, -0.15) is 0 Å². The third-order valence-corrected chi connectivity index (χ3v) is 2.92. The maximum absolute atomic E-state index is 5.90. The molecule has 1 N–H and O–H groups in total. The molecule has 1 spiro atoms. The Balaban J connectivity index is 2.02. The zero-order chi connectivity index (χ0) is 9.31. The SMILES string of the molecule is CC1CC2(CNCCO2)CC(C)O1. The van der Waals surface area contributed by atoms with Crippen LogP contribution in [0.4, 0.5) is 0 Å². The second-order valence-electron chi connectivity index (χ2n) is 4.37. The van der Waals surface area contributed by atoms with Crippen LogP contribution >= 0.6 is 0 Å². The van der Waals surface area contributed by atoms with E-state index in [2.05, 4.69) is 19.2 Å². The van der Waals surface area contributed by atoms with Crippen molar-refractivity contribution in [1.82, 2.24) is 5.32 Å². The van der Waals surface area contributed by atoms with Gasteiger partial charge in [0.15, 0.2) is 0 Å². The smallest absolute Gasteiger partial charge is 0.0856 e. The van der Waals surface area contributed by atoms with Gasteiger partial charge in [0.05, 0.1) is 24.4 Å². The molecule has 13 heavy (non-hydrogen) atoms. The predicted octanol–water partition coefficient (Wildman–Crippen LogP) is 0.932. The summed E-state index contributed by atoms with van der Waals surface area (Å²) >= 11 is 0. The monoisotopic (exact) mass is 185 g/mol. The van der Waals surface area contributed by atoms with Gasteiger partial charge < -0.3 is 14.8 Å². The zero-order valence-corrected chi connectivity index (χ0v) is 8.51. The number of ether oxygens (including phenoxy) is 2. The molecule has 2 fully saturated rings. The molecule has 2 heterocycles. The largest absolute Gasteiger partial charge is 0.375 e. The molecular formula is C10H19NO2. The van der Waals surface area contributed by atoms with Crippen LogP contribution < -0.4 is 5.32 Å². The first-order valence-corrected chi connectivity index (χ1v) is 5.20. The van der Waals surface area contributed by atoms with E-state index >= 15 is 0 Å². The molecule has 2 saturated heterocycles. The highest BCUT2D eigenvalue weighted by Gasteiger charge is 2.40. The highest BCUT2D eigenvalue weighted by atomic mass is 16.5. The van der Waals surface area contributed by atoms with Crippen LogP contribution in [-0.2, 0) is 9.47 Å². The molecule has 2 aliphatic heterocycles. The van der Waals surface area contributed by atoms with Crippen molar-refractivity contribution in [3.05, 3.63) is 0 Å². The van der Waals surface area contributed by atoms with Gasteiger partial charge in [-0.1, -0.05) is 0 Å². The van der Waals surface area contributed by atoms with Crippen molar-refractivity contribution in [3.8, 4) is 0 Å². The molecule has 2 atom stereocenters. The molecule has 0 aliphatic carbocycles. The van der Waals surface area contributed by atoms with E-state index in [1.54, 1.807) is 0 Å². The van der Waals surface area contributed by atoms with Gasteiger partial charge in [0, 0.05) is 25.9 Å². The van der Waals surface area contributed by atoms with Gasteiger partial charge in [0.2, 0.25) is 0 Å². The Bertz CT molecular complexity index is 166. The van der Waals surface area contributed by atoms with Crippen molar-refractivity contribution in [2.75, 3.05) is 19.7 Å². The Morgan fingerprint density at radius 3 is 2.46 bits per heavy atom. The summed E-state index contributed by atoms with van der Waals surface area (Å²) in [5, 5.41) is 3.41. The molecule has 0 aromatic carbocycles. The molecular weight excluding hydrogens is 166 g/mol. The van der Waals surface area contributed by atoms with Crippen molar-refractivity contribution in [3.63, 3.8) is 0 Å². The van der Waals surface area contributed by atoms with Gasteiger partial charge in [-0.3, -0.25) is 0 Å². The summed E-state index contributed by atoms with van der Waals surface area (Å²) in [6, 6.07) is 0. The lowest BCUT2D eigenvalue weighted by molar-refractivity contribution is -0.168. The van der Waals surface area contributed by atoms with E-state index in [0.29, 0.717) is 12.2 Å². The van der Waals surface area contributed by atoms with Crippen LogP contribution in [0.1, 0.15) is 26.7 Å². The minimum Gasteiger partial charge on any atom is -0.375 e. The minimum atomic E-state index is 0.0648. The molecule has 0 aromatic heterocycles. The summed E-state index contributed by atoms with van der Waals surface area (Å²) in [7, 11) is 0. The number of hydrogen-bond acceptors (Lipinski definition) is 3. The van der Waals surface area contributed by atoms with Gasteiger partial charge in [-0.15, -0.1) is 0 Å². The molecule has 0 saturated carbocycles. The lowest BCUT2D eigenvalue weighted by Gasteiger charge is -2.45. The summed E-state index contributed by atoms with van der Waals surface area (Å²) in [6.45, 7) is 7.10.